The van der Waals surface area contributed by atoms with Crippen LogP contribution < -0.4 is 11.1 Å². The lowest BCUT2D eigenvalue weighted by molar-refractivity contribution is 0.627. The number of benzene rings is 2. The fourth-order valence-corrected chi connectivity index (χ4v) is 2.73. The maximum absolute atomic E-state index is 13.3. The van der Waals surface area contributed by atoms with Gasteiger partial charge in [0.2, 0.25) is 0 Å². The SMILES string of the molecule is NCC(Nc1cc(F)cc(Cl)c1)c1cc(Br)ccc1Cl. The van der Waals surface area contributed by atoms with Crippen molar-refractivity contribution in [3.05, 3.63) is 62.3 Å². The Kier molecular flexibility index (Phi) is 5.27. The Morgan fingerprint density at radius 1 is 1.20 bits per heavy atom. The normalized spacial score (nSPS) is 12.2. The van der Waals surface area contributed by atoms with E-state index in [-0.39, 0.29) is 6.04 Å². The second kappa shape index (κ2) is 6.76. The molecule has 0 bridgehead atoms. The van der Waals surface area contributed by atoms with Crippen molar-refractivity contribution < 1.29 is 4.39 Å². The second-order valence-corrected chi connectivity index (χ2v) is 6.02. The maximum Gasteiger partial charge on any atom is 0.126 e. The second-order valence-electron chi connectivity index (χ2n) is 4.26. The Morgan fingerprint density at radius 3 is 2.60 bits per heavy atom. The van der Waals surface area contributed by atoms with Crippen LogP contribution in [-0.4, -0.2) is 6.54 Å². The summed E-state index contributed by atoms with van der Waals surface area (Å²) in [6.07, 6.45) is 0. The van der Waals surface area contributed by atoms with Crippen LogP contribution in [-0.2, 0) is 0 Å². The first-order valence-corrected chi connectivity index (χ1v) is 7.42. The molecule has 0 aliphatic rings. The zero-order chi connectivity index (χ0) is 14.7. The topological polar surface area (TPSA) is 38.0 Å². The van der Waals surface area contributed by atoms with Crippen LogP contribution in [0.1, 0.15) is 11.6 Å². The van der Waals surface area contributed by atoms with E-state index in [4.69, 9.17) is 28.9 Å². The first-order valence-electron chi connectivity index (χ1n) is 5.87. The predicted molar refractivity (Wildman–Crippen MR) is 86.0 cm³/mol. The molecule has 2 nitrogen and oxygen atoms in total. The Morgan fingerprint density at radius 2 is 1.95 bits per heavy atom. The number of anilines is 1. The smallest absolute Gasteiger partial charge is 0.126 e. The highest BCUT2D eigenvalue weighted by molar-refractivity contribution is 9.10. The molecule has 3 N–H and O–H groups in total. The highest BCUT2D eigenvalue weighted by Crippen LogP contribution is 2.29. The number of rotatable bonds is 4. The van der Waals surface area contributed by atoms with Crippen molar-refractivity contribution in [2.24, 2.45) is 5.73 Å². The molecule has 2 rings (SSSR count). The molecule has 6 heteroatoms. The summed E-state index contributed by atoms with van der Waals surface area (Å²) in [6, 6.07) is 9.52. The first kappa shape index (κ1) is 15.6. The third kappa shape index (κ3) is 3.85. The van der Waals surface area contributed by atoms with Gasteiger partial charge in [-0.15, -0.1) is 0 Å². The average Bonchev–Trinajstić information content (AvgIpc) is 2.38. The van der Waals surface area contributed by atoms with Gasteiger partial charge in [-0.05, 0) is 42.0 Å². The summed E-state index contributed by atoms with van der Waals surface area (Å²) in [6.45, 7) is 0.310. The van der Waals surface area contributed by atoms with Crippen molar-refractivity contribution in [1.29, 1.82) is 0 Å². The molecule has 1 unspecified atom stereocenters. The van der Waals surface area contributed by atoms with E-state index in [9.17, 15) is 4.39 Å². The molecule has 0 heterocycles. The van der Waals surface area contributed by atoms with E-state index in [1.807, 2.05) is 12.1 Å². The molecule has 0 saturated carbocycles. The number of nitrogens with one attached hydrogen (secondary N) is 1. The maximum atomic E-state index is 13.3. The summed E-state index contributed by atoms with van der Waals surface area (Å²) in [5, 5.41) is 4.06. The van der Waals surface area contributed by atoms with Gasteiger partial charge in [-0.25, -0.2) is 4.39 Å². The third-order valence-corrected chi connectivity index (χ3v) is 3.83. The number of nitrogens with two attached hydrogens (primary N) is 1. The molecule has 0 spiro atoms. The van der Waals surface area contributed by atoms with Crippen molar-refractivity contribution in [1.82, 2.24) is 0 Å². The van der Waals surface area contributed by atoms with Crippen molar-refractivity contribution in [3.63, 3.8) is 0 Å². The lowest BCUT2D eigenvalue weighted by Gasteiger charge is -2.20. The molecule has 20 heavy (non-hydrogen) atoms. The van der Waals surface area contributed by atoms with E-state index < -0.39 is 5.82 Å². The Labute approximate surface area is 135 Å². The van der Waals surface area contributed by atoms with Gasteiger partial charge in [-0.1, -0.05) is 39.1 Å². The van der Waals surface area contributed by atoms with Gasteiger partial charge >= 0.3 is 0 Å². The third-order valence-electron chi connectivity index (χ3n) is 2.77. The number of hydrogen-bond donors (Lipinski definition) is 2. The molecule has 0 saturated heterocycles. The van der Waals surface area contributed by atoms with Gasteiger partial charge in [0, 0.05) is 26.8 Å². The predicted octanol–water partition coefficient (Wildman–Crippen LogP) is 5.01. The van der Waals surface area contributed by atoms with Gasteiger partial charge < -0.3 is 11.1 Å². The Balaban J connectivity index is 2.31. The molecular formula is C14H12BrCl2FN2. The van der Waals surface area contributed by atoms with Gasteiger partial charge in [-0.3, -0.25) is 0 Å². The summed E-state index contributed by atoms with van der Waals surface area (Å²) in [7, 11) is 0. The highest BCUT2D eigenvalue weighted by Gasteiger charge is 2.14. The Hall–Kier alpha value is -0.810. The van der Waals surface area contributed by atoms with Gasteiger partial charge in [0.15, 0.2) is 0 Å². The van der Waals surface area contributed by atoms with E-state index in [0.717, 1.165) is 10.0 Å². The fourth-order valence-electron chi connectivity index (χ4n) is 1.88. The van der Waals surface area contributed by atoms with Crippen LogP contribution in [0, 0.1) is 5.82 Å². The van der Waals surface area contributed by atoms with Crippen LogP contribution in [0.25, 0.3) is 0 Å². The molecule has 0 aromatic heterocycles. The summed E-state index contributed by atoms with van der Waals surface area (Å²) in [5.74, 6) is -0.406. The molecule has 2 aromatic rings. The van der Waals surface area contributed by atoms with Crippen LogP contribution in [0.3, 0.4) is 0 Å². The van der Waals surface area contributed by atoms with Crippen molar-refractivity contribution in [2.45, 2.75) is 6.04 Å². The lowest BCUT2D eigenvalue weighted by atomic mass is 10.1. The van der Waals surface area contributed by atoms with Crippen LogP contribution in [0.2, 0.25) is 10.0 Å². The number of halogens is 4. The minimum Gasteiger partial charge on any atom is -0.377 e. The van der Waals surface area contributed by atoms with Crippen molar-refractivity contribution in [2.75, 3.05) is 11.9 Å². The zero-order valence-electron chi connectivity index (χ0n) is 10.3. The molecule has 106 valence electrons. The fraction of sp³-hybridized carbons (Fsp3) is 0.143. The minimum absolute atomic E-state index is 0.238. The summed E-state index contributed by atoms with van der Waals surface area (Å²) >= 11 is 15.4. The summed E-state index contributed by atoms with van der Waals surface area (Å²) < 4.78 is 14.2. The van der Waals surface area contributed by atoms with Gasteiger partial charge in [0.25, 0.3) is 0 Å². The van der Waals surface area contributed by atoms with Crippen LogP contribution in [0.5, 0.6) is 0 Å². The van der Waals surface area contributed by atoms with E-state index >= 15 is 0 Å². The zero-order valence-corrected chi connectivity index (χ0v) is 13.4. The van der Waals surface area contributed by atoms with Crippen LogP contribution >= 0.6 is 39.1 Å². The molecule has 1 atom stereocenters. The van der Waals surface area contributed by atoms with E-state index in [2.05, 4.69) is 21.2 Å². The molecule has 2 aromatic carbocycles. The minimum atomic E-state index is -0.406. The largest absolute Gasteiger partial charge is 0.377 e. The quantitative estimate of drug-likeness (QED) is 0.786. The molecule has 0 fully saturated rings. The van der Waals surface area contributed by atoms with Crippen molar-refractivity contribution in [3.8, 4) is 0 Å². The van der Waals surface area contributed by atoms with Crippen LogP contribution in [0.4, 0.5) is 10.1 Å². The molecule has 0 amide bonds. The van der Waals surface area contributed by atoms with Crippen molar-refractivity contribution >= 4 is 44.8 Å². The van der Waals surface area contributed by atoms with E-state index in [1.54, 1.807) is 12.1 Å². The monoisotopic (exact) mass is 376 g/mol. The lowest BCUT2D eigenvalue weighted by Crippen LogP contribution is -2.21. The molecule has 0 aliphatic carbocycles. The number of hydrogen-bond acceptors (Lipinski definition) is 2. The highest BCUT2D eigenvalue weighted by atomic mass is 79.9. The molecular weight excluding hydrogens is 366 g/mol. The van der Waals surface area contributed by atoms with E-state index in [1.165, 1.54) is 12.1 Å². The van der Waals surface area contributed by atoms with Gasteiger partial charge in [0.1, 0.15) is 5.82 Å². The molecule has 0 radical (unpaired) electrons. The Bertz CT molecular complexity index is 602. The van der Waals surface area contributed by atoms with Crippen LogP contribution in [0.15, 0.2) is 40.9 Å². The summed E-state index contributed by atoms with van der Waals surface area (Å²) in [5.41, 5.74) is 7.18. The first-order chi connectivity index (χ1) is 9.49. The van der Waals surface area contributed by atoms with Gasteiger partial charge in [0.05, 0.1) is 6.04 Å². The van der Waals surface area contributed by atoms with E-state index in [0.29, 0.717) is 22.3 Å². The van der Waals surface area contributed by atoms with Gasteiger partial charge in [-0.2, -0.15) is 0 Å². The molecule has 0 aliphatic heterocycles. The summed E-state index contributed by atoms with van der Waals surface area (Å²) in [4.78, 5) is 0. The standard InChI is InChI=1S/C14H12BrCl2FN2/c15-8-1-2-13(17)12(3-8)14(7-19)20-11-5-9(16)4-10(18)6-11/h1-6,14,20H,7,19H2. The average molecular weight is 378 g/mol.